The van der Waals surface area contributed by atoms with E-state index in [1.54, 1.807) is 6.92 Å². The Balaban J connectivity index is 3.37. The first-order valence-corrected chi connectivity index (χ1v) is 6.57. The molecule has 0 amide bonds. The number of ether oxygens (including phenoxy) is 3. The summed E-state index contributed by atoms with van der Waals surface area (Å²) in [7, 11) is 1.34. The van der Waals surface area contributed by atoms with E-state index in [2.05, 4.69) is 11.7 Å². The highest BCUT2D eigenvalue weighted by Gasteiger charge is 2.28. The van der Waals surface area contributed by atoms with E-state index in [1.165, 1.54) is 7.11 Å². The molecule has 0 bridgehead atoms. The van der Waals surface area contributed by atoms with Gasteiger partial charge in [0.05, 0.1) is 20.3 Å². The van der Waals surface area contributed by atoms with Crippen LogP contribution in [0.15, 0.2) is 0 Å². The van der Waals surface area contributed by atoms with Crippen LogP contribution in [0.2, 0.25) is 0 Å². The molecular formula is C13H27NO4. The molecule has 0 aliphatic rings. The van der Waals surface area contributed by atoms with Crippen molar-refractivity contribution in [1.29, 1.82) is 0 Å². The molecule has 0 radical (unpaired) electrons. The van der Waals surface area contributed by atoms with Gasteiger partial charge in [-0.3, -0.25) is 4.79 Å². The highest BCUT2D eigenvalue weighted by atomic mass is 16.5. The predicted molar refractivity (Wildman–Crippen MR) is 70.4 cm³/mol. The zero-order chi connectivity index (χ0) is 13.9. The van der Waals surface area contributed by atoms with Crippen LogP contribution in [0.3, 0.4) is 0 Å². The van der Waals surface area contributed by atoms with Crippen LogP contribution >= 0.6 is 0 Å². The van der Waals surface area contributed by atoms with E-state index in [0.717, 1.165) is 25.9 Å². The number of esters is 1. The number of nitrogens with two attached hydrogens (primary N) is 1. The molecular weight excluding hydrogens is 234 g/mol. The topological polar surface area (TPSA) is 70.8 Å². The van der Waals surface area contributed by atoms with Crippen molar-refractivity contribution in [3.8, 4) is 0 Å². The van der Waals surface area contributed by atoms with Gasteiger partial charge in [-0.15, -0.1) is 0 Å². The van der Waals surface area contributed by atoms with Crippen LogP contribution in [0.5, 0.6) is 0 Å². The van der Waals surface area contributed by atoms with Crippen molar-refractivity contribution in [2.24, 2.45) is 5.73 Å². The molecule has 2 N–H and O–H groups in total. The number of hydrogen-bond acceptors (Lipinski definition) is 5. The first-order valence-electron chi connectivity index (χ1n) is 6.57. The predicted octanol–water partition coefficient (Wildman–Crippen LogP) is 1.49. The minimum absolute atomic E-state index is 0.384. The fourth-order valence-corrected chi connectivity index (χ4v) is 1.45. The third-order valence-corrected chi connectivity index (χ3v) is 2.65. The van der Waals surface area contributed by atoms with Crippen molar-refractivity contribution in [2.75, 3.05) is 33.5 Å². The molecule has 0 aromatic carbocycles. The Morgan fingerprint density at radius 1 is 1.11 bits per heavy atom. The van der Waals surface area contributed by atoms with Crippen LogP contribution in [-0.2, 0) is 19.0 Å². The fourth-order valence-electron chi connectivity index (χ4n) is 1.45. The molecule has 0 fully saturated rings. The Bertz CT molecular complexity index is 219. The number of methoxy groups -OCH3 is 1. The monoisotopic (exact) mass is 261 g/mol. The normalized spacial score (nSPS) is 14.2. The second kappa shape index (κ2) is 10.3. The van der Waals surface area contributed by atoms with Crippen LogP contribution in [0.25, 0.3) is 0 Å². The fraction of sp³-hybridized carbons (Fsp3) is 0.923. The van der Waals surface area contributed by atoms with Gasteiger partial charge in [0, 0.05) is 13.2 Å². The molecule has 0 aromatic heterocycles. The average molecular weight is 261 g/mol. The standard InChI is InChI=1S/C13H27NO4/c1-4-5-8-17-10-11-18-9-6-7-13(2,14)12(15)16-3/h4-11,14H2,1-3H3. The summed E-state index contributed by atoms with van der Waals surface area (Å²) in [6.07, 6.45) is 3.52. The third kappa shape index (κ3) is 8.44. The van der Waals surface area contributed by atoms with Gasteiger partial charge in [-0.05, 0) is 26.2 Å². The van der Waals surface area contributed by atoms with Crippen LogP contribution in [0.1, 0.15) is 39.5 Å². The van der Waals surface area contributed by atoms with Crippen molar-refractivity contribution < 1.29 is 19.0 Å². The van der Waals surface area contributed by atoms with Gasteiger partial charge >= 0.3 is 5.97 Å². The van der Waals surface area contributed by atoms with Gasteiger partial charge < -0.3 is 19.9 Å². The highest BCUT2D eigenvalue weighted by molar-refractivity contribution is 5.79. The molecule has 108 valence electrons. The van der Waals surface area contributed by atoms with Crippen molar-refractivity contribution in [3.05, 3.63) is 0 Å². The molecule has 0 aliphatic carbocycles. The molecule has 0 rings (SSSR count). The van der Waals surface area contributed by atoms with Crippen LogP contribution in [-0.4, -0.2) is 45.0 Å². The van der Waals surface area contributed by atoms with Crippen LogP contribution in [0.4, 0.5) is 0 Å². The smallest absolute Gasteiger partial charge is 0.325 e. The SMILES string of the molecule is CCCCOCCOCCCC(C)(N)C(=O)OC. The van der Waals surface area contributed by atoms with Crippen molar-refractivity contribution >= 4 is 5.97 Å². The number of rotatable bonds is 11. The molecule has 0 saturated carbocycles. The molecule has 0 aromatic rings. The average Bonchev–Trinajstić information content (AvgIpc) is 2.35. The minimum atomic E-state index is -0.921. The first-order chi connectivity index (χ1) is 8.54. The van der Waals surface area contributed by atoms with E-state index >= 15 is 0 Å². The number of hydrogen-bond donors (Lipinski definition) is 1. The Morgan fingerprint density at radius 3 is 2.17 bits per heavy atom. The summed E-state index contributed by atoms with van der Waals surface area (Å²) in [5.74, 6) is -0.384. The number of unbranched alkanes of at least 4 members (excludes halogenated alkanes) is 1. The van der Waals surface area contributed by atoms with Gasteiger partial charge in [0.1, 0.15) is 5.54 Å². The lowest BCUT2D eigenvalue weighted by Gasteiger charge is -2.20. The summed E-state index contributed by atoms with van der Waals surface area (Å²) in [6, 6.07) is 0. The molecule has 0 saturated heterocycles. The number of carbonyl (C=O) groups excluding carboxylic acids is 1. The highest BCUT2D eigenvalue weighted by Crippen LogP contribution is 2.10. The van der Waals surface area contributed by atoms with E-state index in [9.17, 15) is 4.79 Å². The van der Waals surface area contributed by atoms with Gasteiger partial charge in [0.2, 0.25) is 0 Å². The summed E-state index contributed by atoms with van der Waals surface area (Å²) < 4.78 is 15.4. The van der Waals surface area contributed by atoms with Gasteiger partial charge in [-0.1, -0.05) is 13.3 Å². The van der Waals surface area contributed by atoms with Gasteiger partial charge in [-0.2, -0.15) is 0 Å². The van der Waals surface area contributed by atoms with Gasteiger partial charge in [-0.25, -0.2) is 0 Å². The zero-order valence-electron chi connectivity index (χ0n) is 11.9. The maximum absolute atomic E-state index is 11.3. The molecule has 0 spiro atoms. The summed E-state index contributed by atoms with van der Waals surface area (Å²) >= 11 is 0. The van der Waals surface area contributed by atoms with E-state index in [1.807, 2.05) is 0 Å². The van der Waals surface area contributed by atoms with E-state index in [-0.39, 0.29) is 5.97 Å². The van der Waals surface area contributed by atoms with Crippen molar-refractivity contribution in [1.82, 2.24) is 0 Å². The van der Waals surface area contributed by atoms with E-state index in [4.69, 9.17) is 15.2 Å². The van der Waals surface area contributed by atoms with Crippen molar-refractivity contribution in [3.63, 3.8) is 0 Å². The lowest BCUT2D eigenvalue weighted by atomic mass is 9.98. The molecule has 1 atom stereocenters. The Hall–Kier alpha value is -0.650. The lowest BCUT2D eigenvalue weighted by Crippen LogP contribution is -2.45. The molecule has 0 aliphatic heterocycles. The maximum atomic E-state index is 11.3. The summed E-state index contributed by atoms with van der Waals surface area (Å²) in [5.41, 5.74) is 4.89. The number of carbonyl (C=O) groups is 1. The molecule has 1 unspecified atom stereocenters. The maximum Gasteiger partial charge on any atom is 0.325 e. The molecule has 18 heavy (non-hydrogen) atoms. The van der Waals surface area contributed by atoms with Crippen LogP contribution < -0.4 is 5.73 Å². The third-order valence-electron chi connectivity index (χ3n) is 2.65. The summed E-state index contributed by atoms with van der Waals surface area (Å²) in [6.45, 7) is 6.39. The Kier molecular flexibility index (Phi) is 9.92. The summed E-state index contributed by atoms with van der Waals surface area (Å²) in [5, 5.41) is 0. The van der Waals surface area contributed by atoms with Gasteiger partial charge in [0.25, 0.3) is 0 Å². The second-order valence-electron chi connectivity index (χ2n) is 4.59. The second-order valence-corrected chi connectivity index (χ2v) is 4.59. The molecule has 5 heteroatoms. The van der Waals surface area contributed by atoms with Gasteiger partial charge in [0.15, 0.2) is 0 Å². The van der Waals surface area contributed by atoms with Crippen molar-refractivity contribution in [2.45, 2.75) is 45.1 Å². The zero-order valence-corrected chi connectivity index (χ0v) is 11.9. The minimum Gasteiger partial charge on any atom is -0.468 e. The molecule has 5 nitrogen and oxygen atoms in total. The summed E-state index contributed by atoms with van der Waals surface area (Å²) in [4.78, 5) is 11.3. The largest absolute Gasteiger partial charge is 0.468 e. The molecule has 0 heterocycles. The van der Waals surface area contributed by atoms with E-state index in [0.29, 0.717) is 26.2 Å². The first kappa shape index (κ1) is 17.4. The Labute approximate surface area is 110 Å². The van der Waals surface area contributed by atoms with Crippen LogP contribution in [0, 0.1) is 0 Å². The Morgan fingerprint density at radius 2 is 1.67 bits per heavy atom. The lowest BCUT2D eigenvalue weighted by molar-refractivity contribution is -0.146. The van der Waals surface area contributed by atoms with E-state index < -0.39 is 5.54 Å². The quantitative estimate of drug-likeness (QED) is 0.451.